The van der Waals surface area contributed by atoms with Crippen LogP contribution in [0.5, 0.6) is 17.2 Å². The number of carbonyl (C=O) groups excluding carboxylic acids is 1. The van der Waals surface area contributed by atoms with Crippen LogP contribution in [0.4, 0.5) is 0 Å². The molecule has 0 aliphatic carbocycles. The Labute approximate surface area is 264 Å². The molecule has 7 nitrogen and oxygen atoms in total. The summed E-state index contributed by atoms with van der Waals surface area (Å²) in [5, 5.41) is 19.2. The molecule has 44 heavy (non-hydrogen) atoms. The zero-order chi connectivity index (χ0) is 32.0. The van der Waals surface area contributed by atoms with Gasteiger partial charge in [-0.25, -0.2) is 0 Å². The van der Waals surface area contributed by atoms with Gasteiger partial charge in [0, 0.05) is 23.5 Å². The highest BCUT2D eigenvalue weighted by Crippen LogP contribution is 2.56. The number of hydrogen-bond donors (Lipinski definition) is 2. The third kappa shape index (κ3) is 7.56. The van der Waals surface area contributed by atoms with Crippen molar-refractivity contribution >= 4 is 29.1 Å². The number of hydrogen-bond acceptors (Lipinski definition) is 6. The molecule has 1 aliphatic rings. The van der Waals surface area contributed by atoms with E-state index in [1.165, 1.54) is 21.0 Å². The predicted molar refractivity (Wildman–Crippen MR) is 181 cm³/mol. The Morgan fingerprint density at radius 2 is 1.11 bits per heavy atom. The first kappa shape index (κ1) is 33.8. The highest BCUT2D eigenvalue weighted by Gasteiger charge is 2.46. The molecule has 1 aliphatic heterocycles. The van der Waals surface area contributed by atoms with E-state index in [0.717, 1.165) is 55.5 Å². The molecule has 1 heterocycles. The van der Waals surface area contributed by atoms with E-state index in [0.29, 0.717) is 6.42 Å². The molecule has 2 N–H and O–H groups in total. The van der Waals surface area contributed by atoms with Crippen molar-refractivity contribution in [2.24, 2.45) is 0 Å². The fourth-order valence-corrected chi connectivity index (χ4v) is 11.2. The van der Waals surface area contributed by atoms with Gasteiger partial charge in [0.25, 0.3) is 0 Å². The molecule has 1 fully saturated rings. The maximum atomic E-state index is 13.0. The molecular formula is C36H50N2O5P+. The van der Waals surface area contributed by atoms with Crippen molar-refractivity contribution in [1.82, 2.24) is 10.4 Å². The molecule has 1 amide bonds. The van der Waals surface area contributed by atoms with E-state index in [4.69, 9.17) is 14.2 Å². The van der Waals surface area contributed by atoms with Crippen LogP contribution in [-0.2, 0) is 4.79 Å². The second kappa shape index (κ2) is 14.3. The molecule has 0 unspecified atom stereocenters. The third-order valence-corrected chi connectivity index (χ3v) is 13.5. The number of unbranched alkanes of at least 4 members (excludes halogenated alkanes) is 2. The summed E-state index contributed by atoms with van der Waals surface area (Å²) < 4.78 is 16.5. The summed E-state index contributed by atoms with van der Waals surface area (Å²) in [6.07, 6.45) is 5.66. The number of benzene rings is 3. The predicted octanol–water partition coefficient (Wildman–Crippen LogP) is 6.09. The summed E-state index contributed by atoms with van der Waals surface area (Å²) in [7, 11) is 3.01. The lowest BCUT2D eigenvalue weighted by Crippen LogP contribution is -2.62. The van der Waals surface area contributed by atoms with E-state index in [1.807, 2.05) is 64.1 Å². The molecule has 0 radical (unpaired) electrons. The zero-order valence-corrected chi connectivity index (χ0v) is 28.3. The third-order valence-electron chi connectivity index (χ3n) is 8.94. The Hall–Kier alpha value is -3.12. The number of hydroxylamine groups is 2. The van der Waals surface area contributed by atoms with E-state index < -0.39 is 18.3 Å². The van der Waals surface area contributed by atoms with Gasteiger partial charge < -0.3 is 24.7 Å². The van der Waals surface area contributed by atoms with Gasteiger partial charge in [-0.15, -0.1) is 0 Å². The number of rotatable bonds is 13. The van der Waals surface area contributed by atoms with Crippen molar-refractivity contribution in [1.29, 1.82) is 0 Å². The van der Waals surface area contributed by atoms with Crippen molar-refractivity contribution < 1.29 is 24.2 Å². The van der Waals surface area contributed by atoms with Crippen LogP contribution in [0, 0.1) is 0 Å². The lowest BCUT2D eigenvalue weighted by atomic mass is 9.79. The standard InChI is InChI=1S/C36H49N2O5P/c1-35(2)25-27(26-36(3,4)38(35)40)37-34(39)11-9-8-10-24-44(31-18-12-28(41-5)13-19-31,32-20-14-29(42-6)15-21-32)33-22-16-30(43-7)17-23-33/h12-23,27,40H,8-11,24-26H2,1-7H3/p+1. The number of nitrogens with one attached hydrogen (secondary N) is 1. The van der Waals surface area contributed by atoms with Gasteiger partial charge in [-0.1, -0.05) is 0 Å². The first-order chi connectivity index (χ1) is 20.9. The first-order valence-corrected chi connectivity index (χ1v) is 17.5. The normalized spacial score (nSPS) is 16.7. The Morgan fingerprint density at radius 3 is 1.48 bits per heavy atom. The molecule has 3 aromatic rings. The lowest BCUT2D eigenvalue weighted by molar-refractivity contribution is -0.246. The second-order valence-electron chi connectivity index (χ2n) is 13.0. The number of amides is 1. The smallest absolute Gasteiger partial charge is 0.220 e. The highest BCUT2D eigenvalue weighted by atomic mass is 31.2. The first-order valence-electron chi connectivity index (χ1n) is 15.6. The van der Waals surface area contributed by atoms with Gasteiger partial charge in [-0.05, 0) is 133 Å². The number of methoxy groups -OCH3 is 3. The summed E-state index contributed by atoms with van der Waals surface area (Å²) in [4.78, 5) is 13.0. The van der Waals surface area contributed by atoms with Gasteiger partial charge in [0.05, 0.1) is 27.5 Å². The fraction of sp³-hybridized carbons (Fsp3) is 0.472. The minimum absolute atomic E-state index is 0.0506. The van der Waals surface area contributed by atoms with Crippen molar-refractivity contribution in [2.75, 3.05) is 27.5 Å². The number of carbonyl (C=O) groups is 1. The van der Waals surface area contributed by atoms with Gasteiger partial charge in [0.1, 0.15) is 40.4 Å². The summed E-state index contributed by atoms with van der Waals surface area (Å²) in [6.45, 7) is 8.10. The van der Waals surface area contributed by atoms with E-state index in [-0.39, 0.29) is 11.9 Å². The lowest BCUT2D eigenvalue weighted by Gasteiger charge is -2.51. The van der Waals surface area contributed by atoms with E-state index >= 15 is 0 Å². The number of ether oxygens (including phenoxy) is 3. The zero-order valence-electron chi connectivity index (χ0n) is 27.4. The van der Waals surface area contributed by atoms with Crippen LogP contribution in [-0.4, -0.2) is 60.8 Å². The van der Waals surface area contributed by atoms with E-state index in [9.17, 15) is 10.0 Å². The van der Waals surface area contributed by atoms with E-state index in [2.05, 4.69) is 41.7 Å². The van der Waals surface area contributed by atoms with Gasteiger partial charge >= 0.3 is 0 Å². The number of nitrogens with zero attached hydrogens (tertiary/aromatic N) is 1. The molecule has 1 saturated heterocycles. The molecule has 0 saturated carbocycles. The summed E-state index contributed by atoms with van der Waals surface area (Å²) in [5.74, 6) is 2.59. The summed E-state index contributed by atoms with van der Waals surface area (Å²) >= 11 is 0. The van der Waals surface area contributed by atoms with Gasteiger partial charge in [-0.3, -0.25) is 4.79 Å². The van der Waals surface area contributed by atoms with Crippen molar-refractivity contribution in [2.45, 2.75) is 83.3 Å². The second-order valence-corrected chi connectivity index (χ2v) is 16.7. The van der Waals surface area contributed by atoms with Crippen LogP contribution in [0.25, 0.3) is 0 Å². The Balaban J connectivity index is 1.52. The average Bonchev–Trinajstić information content (AvgIpc) is 3.02. The van der Waals surface area contributed by atoms with Crippen molar-refractivity contribution in [3.8, 4) is 17.2 Å². The van der Waals surface area contributed by atoms with Crippen LogP contribution in [0.1, 0.15) is 66.2 Å². The SMILES string of the molecule is COc1ccc([P+](CCCCCC(=O)NC2CC(C)(C)N(O)C(C)(C)C2)(c2ccc(OC)cc2)c2ccc(OC)cc2)cc1. The topological polar surface area (TPSA) is 80.3 Å². The van der Waals surface area contributed by atoms with Gasteiger partial charge in [-0.2, -0.15) is 5.06 Å². The summed E-state index contributed by atoms with van der Waals surface area (Å²) in [6, 6.07) is 25.6. The van der Waals surface area contributed by atoms with Crippen molar-refractivity contribution in [3.63, 3.8) is 0 Å². The molecule has 3 aromatic carbocycles. The van der Waals surface area contributed by atoms with E-state index in [1.54, 1.807) is 21.3 Å². The quantitative estimate of drug-likeness (QED) is 0.178. The molecular weight excluding hydrogens is 571 g/mol. The van der Waals surface area contributed by atoms with Crippen LogP contribution >= 0.6 is 7.26 Å². The minimum atomic E-state index is -2.07. The Bertz CT molecular complexity index is 1220. The van der Waals surface area contributed by atoms with Crippen LogP contribution in [0.15, 0.2) is 72.8 Å². The largest absolute Gasteiger partial charge is 0.497 e. The maximum Gasteiger partial charge on any atom is 0.220 e. The van der Waals surface area contributed by atoms with Crippen LogP contribution in [0.3, 0.4) is 0 Å². The average molecular weight is 622 g/mol. The molecule has 0 atom stereocenters. The number of piperidine rings is 1. The van der Waals surface area contributed by atoms with Crippen LogP contribution < -0.4 is 35.4 Å². The molecule has 4 rings (SSSR count). The molecule has 0 bridgehead atoms. The maximum absolute atomic E-state index is 13.0. The monoisotopic (exact) mass is 621 g/mol. The van der Waals surface area contributed by atoms with Crippen LogP contribution in [0.2, 0.25) is 0 Å². The Morgan fingerprint density at radius 1 is 0.727 bits per heavy atom. The molecule has 238 valence electrons. The molecule has 0 aromatic heterocycles. The molecule has 8 heteroatoms. The fourth-order valence-electron chi connectivity index (χ4n) is 6.83. The van der Waals surface area contributed by atoms with Crippen molar-refractivity contribution in [3.05, 3.63) is 72.8 Å². The van der Waals surface area contributed by atoms with Gasteiger partial charge in [0.2, 0.25) is 5.91 Å². The molecule has 0 spiro atoms. The minimum Gasteiger partial charge on any atom is -0.497 e. The highest BCUT2D eigenvalue weighted by molar-refractivity contribution is 7.95. The Kier molecular flexibility index (Phi) is 11.0. The summed E-state index contributed by atoms with van der Waals surface area (Å²) in [5.41, 5.74) is -0.784. The van der Waals surface area contributed by atoms with Gasteiger partial charge in [0.15, 0.2) is 0 Å².